The van der Waals surface area contributed by atoms with Crippen LogP contribution in [-0.2, 0) is 16.6 Å². The highest BCUT2D eigenvalue weighted by Gasteiger charge is 2.26. The fraction of sp³-hybridized carbons (Fsp3) is 0.357. The molecule has 6 heteroatoms. The Morgan fingerprint density at radius 1 is 1.30 bits per heavy atom. The van der Waals surface area contributed by atoms with Gasteiger partial charge in [-0.15, -0.1) is 11.3 Å². The van der Waals surface area contributed by atoms with E-state index in [1.165, 1.54) is 12.8 Å². The number of nitrogens with zero attached hydrogens (tertiary/aromatic N) is 1. The zero-order chi connectivity index (χ0) is 14.2. The van der Waals surface area contributed by atoms with Crippen molar-refractivity contribution in [1.82, 2.24) is 9.71 Å². The second-order valence-electron chi connectivity index (χ2n) is 5.09. The fourth-order valence-electron chi connectivity index (χ4n) is 1.89. The van der Waals surface area contributed by atoms with E-state index in [9.17, 15) is 8.42 Å². The van der Waals surface area contributed by atoms with Gasteiger partial charge < -0.3 is 0 Å². The van der Waals surface area contributed by atoms with Crippen LogP contribution in [0.1, 0.15) is 35.0 Å². The van der Waals surface area contributed by atoms with Crippen LogP contribution in [0.3, 0.4) is 0 Å². The highest BCUT2D eigenvalue weighted by molar-refractivity contribution is 7.89. The van der Waals surface area contributed by atoms with E-state index >= 15 is 0 Å². The number of nitrogens with one attached hydrogen (secondary N) is 1. The molecule has 106 valence electrons. The summed E-state index contributed by atoms with van der Waals surface area (Å²) in [6.07, 6.45) is 2.42. The number of benzene rings is 1. The van der Waals surface area contributed by atoms with Crippen molar-refractivity contribution >= 4 is 21.4 Å². The van der Waals surface area contributed by atoms with Crippen LogP contribution in [0.15, 0.2) is 34.5 Å². The molecule has 20 heavy (non-hydrogen) atoms. The Morgan fingerprint density at radius 3 is 2.65 bits per heavy atom. The van der Waals surface area contributed by atoms with Gasteiger partial charge in [0.2, 0.25) is 10.0 Å². The molecule has 1 N–H and O–H groups in total. The Balaban J connectivity index is 1.68. The highest BCUT2D eigenvalue weighted by Crippen LogP contribution is 2.41. The van der Waals surface area contributed by atoms with E-state index in [2.05, 4.69) is 9.71 Å². The van der Waals surface area contributed by atoms with Crippen LogP contribution >= 0.6 is 11.3 Å². The predicted molar refractivity (Wildman–Crippen MR) is 79.3 cm³/mol. The maximum Gasteiger partial charge on any atom is 0.240 e. The zero-order valence-corrected chi connectivity index (χ0v) is 12.8. The van der Waals surface area contributed by atoms with Crippen molar-refractivity contribution in [3.8, 4) is 0 Å². The molecule has 1 aliphatic rings. The summed E-state index contributed by atoms with van der Waals surface area (Å²) in [5.41, 5.74) is 1.84. The van der Waals surface area contributed by atoms with Crippen LogP contribution in [0.4, 0.5) is 0 Å². The maximum atomic E-state index is 12.1. The standard InChI is InChI=1S/C14H16N2O2S2/c1-10-2-6-13(7-3-10)20(17,18)15-8-12-9-19-14(16-12)11-4-5-11/h2-3,6-7,9,11,15H,4-5,8H2,1H3. The predicted octanol–water partition coefficient (Wildman–Crippen LogP) is 2.81. The summed E-state index contributed by atoms with van der Waals surface area (Å²) in [7, 11) is -3.46. The quantitative estimate of drug-likeness (QED) is 0.924. The van der Waals surface area contributed by atoms with Crippen LogP contribution < -0.4 is 4.72 Å². The second kappa shape index (κ2) is 5.27. The van der Waals surface area contributed by atoms with Gasteiger partial charge in [0.15, 0.2) is 0 Å². The first-order valence-corrected chi connectivity index (χ1v) is 8.91. The molecule has 3 rings (SSSR count). The van der Waals surface area contributed by atoms with Crippen LogP contribution in [0.25, 0.3) is 0 Å². The lowest BCUT2D eigenvalue weighted by Gasteiger charge is -2.05. The van der Waals surface area contributed by atoms with E-state index < -0.39 is 10.0 Å². The molecule has 0 aliphatic heterocycles. The third kappa shape index (κ3) is 3.08. The van der Waals surface area contributed by atoms with Crippen LogP contribution in [0, 0.1) is 6.92 Å². The molecular formula is C14H16N2O2S2. The van der Waals surface area contributed by atoms with Gasteiger partial charge in [-0.1, -0.05) is 17.7 Å². The Bertz CT molecular complexity index is 701. The number of hydrogen-bond donors (Lipinski definition) is 1. The first-order chi connectivity index (χ1) is 9.54. The topological polar surface area (TPSA) is 59.1 Å². The van der Waals surface area contributed by atoms with E-state index in [1.807, 2.05) is 12.3 Å². The number of sulfonamides is 1. The molecule has 1 aliphatic carbocycles. The van der Waals surface area contributed by atoms with E-state index in [1.54, 1.807) is 35.6 Å². The van der Waals surface area contributed by atoms with Crippen molar-refractivity contribution in [3.63, 3.8) is 0 Å². The van der Waals surface area contributed by atoms with Gasteiger partial charge in [0.05, 0.1) is 22.1 Å². The number of thiazole rings is 1. The Morgan fingerprint density at radius 2 is 2.00 bits per heavy atom. The second-order valence-corrected chi connectivity index (χ2v) is 7.75. The lowest BCUT2D eigenvalue weighted by Crippen LogP contribution is -2.23. The number of aryl methyl sites for hydroxylation is 1. The summed E-state index contributed by atoms with van der Waals surface area (Å²) >= 11 is 1.62. The van der Waals surface area contributed by atoms with Crippen molar-refractivity contribution in [2.45, 2.75) is 37.1 Å². The summed E-state index contributed by atoms with van der Waals surface area (Å²) < 4.78 is 26.9. The summed E-state index contributed by atoms with van der Waals surface area (Å²) in [5.74, 6) is 0.613. The molecule has 1 saturated carbocycles. The average Bonchev–Trinajstić information content (AvgIpc) is 3.16. The minimum Gasteiger partial charge on any atom is -0.245 e. The zero-order valence-electron chi connectivity index (χ0n) is 11.2. The molecule has 1 fully saturated rings. The maximum absolute atomic E-state index is 12.1. The van der Waals surface area contributed by atoms with Crippen molar-refractivity contribution in [2.24, 2.45) is 0 Å². The molecule has 1 heterocycles. The Labute approximate surface area is 122 Å². The molecule has 0 unspecified atom stereocenters. The van der Waals surface area contributed by atoms with Gasteiger partial charge in [0.25, 0.3) is 0 Å². The third-order valence-corrected chi connectivity index (χ3v) is 5.74. The summed E-state index contributed by atoms with van der Waals surface area (Å²) in [6.45, 7) is 2.18. The molecular weight excluding hydrogens is 292 g/mol. The molecule has 0 bridgehead atoms. The molecule has 0 amide bonds. The lowest BCUT2D eigenvalue weighted by molar-refractivity contribution is 0.580. The van der Waals surface area contributed by atoms with Crippen molar-refractivity contribution in [3.05, 3.63) is 45.9 Å². The van der Waals surface area contributed by atoms with Gasteiger partial charge in [-0.2, -0.15) is 0 Å². The summed E-state index contributed by atoms with van der Waals surface area (Å²) in [5, 5.41) is 3.07. The molecule has 0 atom stereocenters. The average molecular weight is 308 g/mol. The summed E-state index contributed by atoms with van der Waals surface area (Å²) in [4.78, 5) is 4.77. The van der Waals surface area contributed by atoms with E-state index in [0.29, 0.717) is 10.8 Å². The SMILES string of the molecule is Cc1ccc(S(=O)(=O)NCc2csc(C3CC3)n2)cc1. The van der Waals surface area contributed by atoms with Crippen molar-refractivity contribution in [2.75, 3.05) is 0 Å². The summed E-state index contributed by atoms with van der Waals surface area (Å²) in [6, 6.07) is 6.83. The fourth-order valence-corrected chi connectivity index (χ4v) is 3.88. The molecule has 0 spiro atoms. The number of hydrogen-bond acceptors (Lipinski definition) is 4. The van der Waals surface area contributed by atoms with E-state index in [4.69, 9.17) is 0 Å². The molecule has 4 nitrogen and oxygen atoms in total. The smallest absolute Gasteiger partial charge is 0.240 e. The van der Waals surface area contributed by atoms with Crippen molar-refractivity contribution < 1.29 is 8.42 Å². The molecule has 2 aromatic rings. The number of aromatic nitrogens is 1. The minimum absolute atomic E-state index is 0.249. The normalized spacial score (nSPS) is 15.4. The molecule has 0 saturated heterocycles. The molecule has 0 radical (unpaired) electrons. The highest BCUT2D eigenvalue weighted by atomic mass is 32.2. The van der Waals surface area contributed by atoms with Crippen LogP contribution in [0.2, 0.25) is 0 Å². The van der Waals surface area contributed by atoms with Gasteiger partial charge >= 0.3 is 0 Å². The van der Waals surface area contributed by atoms with Gasteiger partial charge in [-0.3, -0.25) is 0 Å². The van der Waals surface area contributed by atoms with Crippen molar-refractivity contribution in [1.29, 1.82) is 0 Å². The first-order valence-electron chi connectivity index (χ1n) is 6.55. The minimum atomic E-state index is -3.46. The van der Waals surface area contributed by atoms with Gasteiger partial charge in [0.1, 0.15) is 0 Å². The molecule has 1 aromatic heterocycles. The third-order valence-electron chi connectivity index (χ3n) is 3.27. The number of rotatable bonds is 5. The van der Waals surface area contributed by atoms with Gasteiger partial charge in [-0.05, 0) is 31.9 Å². The largest absolute Gasteiger partial charge is 0.245 e. The van der Waals surface area contributed by atoms with E-state index in [0.717, 1.165) is 16.3 Å². The van der Waals surface area contributed by atoms with Gasteiger partial charge in [-0.25, -0.2) is 18.1 Å². The Kier molecular flexibility index (Phi) is 3.62. The van der Waals surface area contributed by atoms with Crippen LogP contribution in [0.5, 0.6) is 0 Å². The monoisotopic (exact) mass is 308 g/mol. The van der Waals surface area contributed by atoms with Crippen LogP contribution in [-0.4, -0.2) is 13.4 Å². The molecule has 1 aromatic carbocycles. The first kappa shape index (κ1) is 13.7. The Hall–Kier alpha value is -1.24. The van der Waals surface area contributed by atoms with E-state index in [-0.39, 0.29) is 6.54 Å². The lowest BCUT2D eigenvalue weighted by atomic mass is 10.2. The van der Waals surface area contributed by atoms with Gasteiger partial charge in [0, 0.05) is 11.3 Å².